The van der Waals surface area contributed by atoms with Gasteiger partial charge in [-0.05, 0) is 37.1 Å². The number of non-ortho nitro benzene ring substituents is 1. The van der Waals surface area contributed by atoms with Crippen molar-refractivity contribution >= 4 is 11.4 Å². The first-order valence-electron chi connectivity index (χ1n) is 7.10. The zero-order valence-corrected chi connectivity index (χ0v) is 11.9. The third kappa shape index (κ3) is 3.16. The average molecular weight is 302 g/mol. The molecule has 2 aromatic carbocycles. The monoisotopic (exact) mass is 302 g/mol. The molecule has 0 spiro atoms. The number of nitro groups is 1. The van der Waals surface area contributed by atoms with Gasteiger partial charge in [-0.3, -0.25) is 10.1 Å². The van der Waals surface area contributed by atoms with Gasteiger partial charge in [-0.15, -0.1) is 0 Å². The first-order valence-corrected chi connectivity index (χ1v) is 7.10. The van der Waals surface area contributed by atoms with Crippen LogP contribution in [0.1, 0.15) is 12.8 Å². The van der Waals surface area contributed by atoms with E-state index in [1.54, 1.807) is 12.1 Å². The molecule has 0 radical (unpaired) electrons. The Balaban J connectivity index is 1.91. The fraction of sp³-hybridized carbons (Fsp3) is 0.250. The lowest BCUT2D eigenvalue weighted by molar-refractivity contribution is -0.384. The van der Waals surface area contributed by atoms with Crippen LogP contribution in [0, 0.1) is 15.9 Å². The number of hydrogen-bond acceptors (Lipinski definition) is 4. The molecule has 1 fully saturated rings. The van der Waals surface area contributed by atoms with Gasteiger partial charge in [0.1, 0.15) is 17.3 Å². The van der Waals surface area contributed by atoms with Crippen LogP contribution in [0.25, 0.3) is 0 Å². The molecule has 0 unspecified atom stereocenters. The van der Waals surface area contributed by atoms with E-state index in [2.05, 4.69) is 4.90 Å². The second kappa shape index (κ2) is 6.01. The van der Waals surface area contributed by atoms with Gasteiger partial charge in [0.15, 0.2) is 0 Å². The van der Waals surface area contributed by atoms with E-state index in [0.717, 1.165) is 31.6 Å². The predicted molar refractivity (Wildman–Crippen MR) is 81.0 cm³/mol. The Hall–Kier alpha value is -2.63. The molecular formula is C16H15FN2O3. The van der Waals surface area contributed by atoms with Crippen LogP contribution >= 0.6 is 0 Å². The minimum absolute atomic E-state index is 0.0125. The third-order valence-corrected chi connectivity index (χ3v) is 3.61. The Morgan fingerprint density at radius 2 is 1.73 bits per heavy atom. The molecule has 0 saturated carbocycles. The fourth-order valence-corrected chi connectivity index (χ4v) is 2.53. The molecule has 1 saturated heterocycles. The van der Waals surface area contributed by atoms with Crippen molar-refractivity contribution in [2.45, 2.75) is 12.8 Å². The summed E-state index contributed by atoms with van der Waals surface area (Å²) in [4.78, 5) is 12.8. The second-order valence-electron chi connectivity index (χ2n) is 5.19. The number of nitro benzene ring substituents is 1. The van der Waals surface area contributed by atoms with E-state index in [4.69, 9.17) is 4.74 Å². The summed E-state index contributed by atoms with van der Waals surface area (Å²) in [6, 6.07) is 10.3. The smallest absolute Gasteiger partial charge is 0.275 e. The van der Waals surface area contributed by atoms with Crippen molar-refractivity contribution in [2.24, 2.45) is 0 Å². The predicted octanol–water partition coefficient (Wildman–Crippen LogP) is 4.13. The Kier molecular flexibility index (Phi) is 3.91. The zero-order valence-electron chi connectivity index (χ0n) is 11.9. The van der Waals surface area contributed by atoms with Gasteiger partial charge in [-0.1, -0.05) is 0 Å². The summed E-state index contributed by atoms with van der Waals surface area (Å²) in [5, 5.41) is 11.1. The first kappa shape index (κ1) is 14.3. The summed E-state index contributed by atoms with van der Waals surface area (Å²) in [5.41, 5.74) is 0.769. The van der Waals surface area contributed by atoms with Crippen LogP contribution in [0.15, 0.2) is 42.5 Å². The van der Waals surface area contributed by atoms with Crippen LogP contribution in [0.3, 0.4) is 0 Å². The Labute approximate surface area is 127 Å². The summed E-state index contributed by atoms with van der Waals surface area (Å²) < 4.78 is 18.5. The van der Waals surface area contributed by atoms with Gasteiger partial charge in [0, 0.05) is 30.9 Å². The quantitative estimate of drug-likeness (QED) is 0.629. The molecule has 0 aliphatic carbocycles. The van der Waals surface area contributed by atoms with Crippen LogP contribution in [0.5, 0.6) is 11.5 Å². The minimum Gasteiger partial charge on any atom is -0.457 e. The molecule has 0 aromatic heterocycles. The minimum atomic E-state index is -0.433. The molecule has 1 aliphatic heterocycles. The molecule has 22 heavy (non-hydrogen) atoms. The second-order valence-corrected chi connectivity index (χ2v) is 5.19. The highest BCUT2D eigenvalue weighted by Crippen LogP contribution is 2.32. The van der Waals surface area contributed by atoms with E-state index < -0.39 is 4.92 Å². The van der Waals surface area contributed by atoms with Gasteiger partial charge in [0.05, 0.1) is 11.0 Å². The molecular weight excluding hydrogens is 287 g/mol. The highest BCUT2D eigenvalue weighted by molar-refractivity contribution is 5.59. The lowest BCUT2D eigenvalue weighted by atomic mass is 10.2. The fourth-order valence-electron chi connectivity index (χ4n) is 2.53. The molecule has 2 aromatic rings. The molecule has 114 valence electrons. The summed E-state index contributed by atoms with van der Waals surface area (Å²) >= 11 is 0. The van der Waals surface area contributed by atoms with Crippen molar-refractivity contribution in [1.29, 1.82) is 0 Å². The SMILES string of the molecule is O=[N+]([O-])c1cc(Oc2ccc(F)cc2)cc(N2CCCC2)c1. The molecule has 6 heteroatoms. The summed E-state index contributed by atoms with van der Waals surface area (Å²) in [6.07, 6.45) is 2.16. The van der Waals surface area contributed by atoms with Crippen LogP contribution < -0.4 is 9.64 Å². The number of ether oxygens (including phenoxy) is 1. The lowest BCUT2D eigenvalue weighted by Crippen LogP contribution is -2.17. The molecule has 0 N–H and O–H groups in total. The number of nitrogens with zero attached hydrogens (tertiary/aromatic N) is 2. The van der Waals surface area contributed by atoms with Crippen LogP contribution in [-0.2, 0) is 0 Å². The molecule has 5 nitrogen and oxygen atoms in total. The van der Waals surface area contributed by atoms with Crippen LogP contribution in [0.2, 0.25) is 0 Å². The van der Waals surface area contributed by atoms with Crippen LogP contribution in [-0.4, -0.2) is 18.0 Å². The molecule has 0 bridgehead atoms. The topological polar surface area (TPSA) is 55.6 Å². The lowest BCUT2D eigenvalue weighted by Gasteiger charge is -2.18. The van der Waals surface area contributed by atoms with E-state index in [1.807, 2.05) is 0 Å². The molecule has 0 atom stereocenters. The van der Waals surface area contributed by atoms with Crippen molar-refractivity contribution in [3.8, 4) is 11.5 Å². The van der Waals surface area contributed by atoms with Crippen molar-refractivity contribution < 1.29 is 14.1 Å². The normalized spacial score (nSPS) is 14.1. The van der Waals surface area contributed by atoms with Gasteiger partial charge in [0.2, 0.25) is 0 Å². The van der Waals surface area contributed by atoms with Crippen molar-refractivity contribution in [3.05, 3.63) is 58.4 Å². The molecule has 0 amide bonds. The number of halogens is 1. The van der Waals surface area contributed by atoms with E-state index in [9.17, 15) is 14.5 Å². The number of benzene rings is 2. The zero-order chi connectivity index (χ0) is 15.5. The number of anilines is 1. The first-order chi connectivity index (χ1) is 10.6. The van der Waals surface area contributed by atoms with Crippen molar-refractivity contribution in [1.82, 2.24) is 0 Å². The van der Waals surface area contributed by atoms with E-state index in [0.29, 0.717) is 11.5 Å². The van der Waals surface area contributed by atoms with Gasteiger partial charge in [-0.2, -0.15) is 0 Å². The Morgan fingerprint density at radius 3 is 2.36 bits per heavy atom. The summed E-state index contributed by atoms with van der Waals surface area (Å²) in [7, 11) is 0. The molecule has 3 rings (SSSR count). The van der Waals surface area contributed by atoms with Crippen molar-refractivity contribution in [2.75, 3.05) is 18.0 Å². The maximum absolute atomic E-state index is 12.9. The van der Waals surface area contributed by atoms with Gasteiger partial charge in [-0.25, -0.2) is 4.39 Å². The maximum Gasteiger partial charge on any atom is 0.275 e. The van der Waals surface area contributed by atoms with E-state index in [-0.39, 0.29) is 11.5 Å². The van der Waals surface area contributed by atoms with Crippen molar-refractivity contribution in [3.63, 3.8) is 0 Å². The Bertz CT molecular complexity index is 682. The maximum atomic E-state index is 12.9. The molecule has 1 heterocycles. The van der Waals surface area contributed by atoms with E-state index in [1.165, 1.54) is 30.3 Å². The third-order valence-electron chi connectivity index (χ3n) is 3.61. The standard InChI is InChI=1S/C16H15FN2O3/c17-12-3-5-15(6-4-12)22-16-10-13(18-7-1-2-8-18)9-14(11-16)19(20)21/h3-6,9-11H,1-2,7-8H2. The summed E-state index contributed by atoms with van der Waals surface area (Å²) in [5.74, 6) is 0.459. The number of rotatable bonds is 4. The van der Waals surface area contributed by atoms with E-state index >= 15 is 0 Å². The van der Waals surface area contributed by atoms with Gasteiger partial charge >= 0.3 is 0 Å². The highest BCUT2D eigenvalue weighted by Gasteiger charge is 2.18. The van der Waals surface area contributed by atoms with Crippen LogP contribution in [0.4, 0.5) is 15.8 Å². The number of hydrogen-bond donors (Lipinski definition) is 0. The Morgan fingerprint density at radius 1 is 1.05 bits per heavy atom. The largest absolute Gasteiger partial charge is 0.457 e. The highest BCUT2D eigenvalue weighted by atomic mass is 19.1. The van der Waals surface area contributed by atoms with Gasteiger partial charge in [0.25, 0.3) is 5.69 Å². The average Bonchev–Trinajstić information content (AvgIpc) is 3.04. The summed E-state index contributed by atoms with van der Waals surface area (Å²) in [6.45, 7) is 1.77. The molecule has 1 aliphatic rings. The van der Waals surface area contributed by atoms with Gasteiger partial charge < -0.3 is 9.64 Å².